The van der Waals surface area contributed by atoms with Crippen LogP contribution < -0.4 is 10.2 Å². The van der Waals surface area contributed by atoms with Gasteiger partial charge in [-0.1, -0.05) is 177 Å². The van der Waals surface area contributed by atoms with E-state index < -0.39 is 11.9 Å². The number of unbranched alkanes of at least 4 members (excludes halogenated alkanes) is 12. The Morgan fingerprint density at radius 2 is 0.746 bits per heavy atom. The monoisotopic (exact) mass is 949 g/mol. The summed E-state index contributed by atoms with van der Waals surface area (Å²) in [5, 5.41) is 40.4. The summed E-state index contributed by atoms with van der Waals surface area (Å²) in [6.45, 7) is 5.88. The van der Waals surface area contributed by atoms with E-state index in [4.69, 9.17) is 9.47 Å². The molecule has 0 spiro atoms. The van der Waals surface area contributed by atoms with Gasteiger partial charge in [-0.15, -0.1) is 0 Å². The Labute approximate surface area is 400 Å². The molecular weight excluding hydrogens is 866 g/mol. The van der Waals surface area contributed by atoms with E-state index in [2.05, 4.69) is 62.4 Å². The fourth-order valence-corrected chi connectivity index (χ4v) is 7.23. The molecule has 332 valence electrons. The minimum Gasteiger partial charge on any atom is -0.550 e. The minimum absolute atomic E-state index is 0. The molecule has 0 saturated carbocycles. The van der Waals surface area contributed by atoms with Gasteiger partial charge in [0, 0.05) is 11.9 Å². The molecular formula is C50H82BaO8. The quantitative estimate of drug-likeness (QED) is 0.0501. The van der Waals surface area contributed by atoms with Crippen LogP contribution in [-0.2, 0) is 32.3 Å². The van der Waals surface area contributed by atoms with Crippen LogP contribution in [0, 0.1) is 0 Å². The molecule has 0 aliphatic rings. The number of hydrogen-bond donors (Lipinski definition) is 2. The van der Waals surface area contributed by atoms with E-state index in [1.54, 1.807) is 0 Å². The van der Waals surface area contributed by atoms with Crippen molar-refractivity contribution in [1.29, 1.82) is 0 Å². The molecule has 0 aliphatic heterocycles. The fraction of sp³-hybridized carbons (Fsp3) is 0.720. The molecule has 0 amide bonds. The summed E-state index contributed by atoms with van der Waals surface area (Å²) in [6.07, 6.45) is 27.4. The average Bonchev–Trinajstić information content (AvgIpc) is 3.22. The number of aliphatic hydroxyl groups excluding tert-OH is 2. The molecule has 0 bridgehead atoms. The molecule has 9 heteroatoms. The first-order valence-electron chi connectivity index (χ1n) is 23.3. The normalized spacial score (nSPS) is 13.1. The largest absolute Gasteiger partial charge is 2.00 e. The van der Waals surface area contributed by atoms with Crippen LogP contribution in [-0.4, -0.2) is 95.4 Å². The number of ether oxygens (including phenoxy) is 2. The maximum atomic E-state index is 10.4. The zero-order valence-electron chi connectivity index (χ0n) is 37.3. The first-order valence-corrected chi connectivity index (χ1v) is 23.3. The summed E-state index contributed by atoms with van der Waals surface area (Å²) >= 11 is 0. The van der Waals surface area contributed by atoms with Crippen molar-refractivity contribution in [2.24, 2.45) is 0 Å². The van der Waals surface area contributed by atoms with Crippen LogP contribution in [0.5, 0.6) is 0 Å². The number of carbonyl (C=O) groups excluding carboxylic acids is 2. The smallest absolute Gasteiger partial charge is 0.550 e. The summed E-state index contributed by atoms with van der Waals surface area (Å²) in [7, 11) is 0. The summed E-state index contributed by atoms with van der Waals surface area (Å²) in [5.41, 5.74) is 2.49. The first-order chi connectivity index (χ1) is 28.2. The van der Waals surface area contributed by atoms with Crippen molar-refractivity contribution in [3.63, 3.8) is 0 Å². The molecule has 2 N–H and O–H groups in total. The molecule has 2 rings (SSSR count). The average molecular weight is 949 g/mol. The van der Waals surface area contributed by atoms with Gasteiger partial charge in [0.2, 0.25) is 0 Å². The number of carbonyl (C=O) groups is 2. The summed E-state index contributed by atoms with van der Waals surface area (Å²) in [5.74, 6) is -2.06. The Kier molecular flexibility index (Phi) is 41.2. The first kappa shape index (κ1) is 57.8. The van der Waals surface area contributed by atoms with E-state index in [1.807, 2.05) is 12.1 Å². The molecule has 4 unspecified atom stereocenters. The van der Waals surface area contributed by atoms with Gasteiger partial charge >= 0.3 is 48.9 Å². The predicted octanol–water partition coefficient (Wildman–Crippen LogP) is 9.95. The van der Waals surface area contributed by atoms with Gasteiger partial charge in [0.25, 0.3) is 0 Å². The van der Waals surface area contributed by atoms with Crippen molar-refractivity contribution in [2.45, 2.75) is 231 Å². The van der Waals surface area contributed by atoms with Crippen LogP contribution in [0.25, 0.3) is 0 Å². The van der Waals surface area contributed by atoms with Gasteiger partial charge in [-0.05, 0) is 88.2 Å². The van der Waals surface area contributed by atoms with Crippen LogP contribution in [0.15, 0.2) is 60.7 Å². The molecule has 0 saturated heterocycles. The molecule has 0 radical (unpaired) electrons. The number of hydrogen-bond acceptors (Lipinski definition) is 8. The van der Waals surface area contributed by atoms with Gasteiger partial charge < -0.3 is 39.5 Å². The maximum Gasteiger partial charge on any atom is 2.00 e. The van der Waals surface area contributed by atoms with E-state index in [0.717, 1.165) is 64.2 Å². The van der Waals surface area contributed by atoms with E-state index in [1.165, 1.54) is 88.2 Å². The Bertz CT molecular complexity index is 1110. The molecule has 8 nitrogen and oxygen atoms in total. The predicted molar refractivity (Wildman–Crippen MR) is 238 cm³/mol. The molecule has 0 aromatic heterocycles. The van der Waals surface area contributed by atoms with Crippen molar-refractivity contribution in [2.75, 3.05) is 0 Å². The fourth-order valence-electron chi connectivity index (χ4n) is 7.23. The van der Waals surface area contributed by atoms with E-state index in [-0.39, 0.29) is 73.9 Å². The number of carboxylic acid groups (broad SMARTS) is 2. The third kappa shape index (κ3) is 38.2. The van der Waals surface area contributed by atoms with Crippen LogP contribution in [0.4, 0.5) is 0 Å². The van der Waals surface area contributed by atoms with Gasteiger partial charge in [-0.3, -0.25) is 0 Å². The van der Waals surface area contributed by atoms with Crippen LogP contribution in [0.1, 0.15) is 205 Å². The molecule has 2 aromatic rings. The number of aliphatic carboxylic acids is 2. The molecule has 0 aliphatic carbocycles. The van der Waals surface area contributed by atoms with Crippen LogP contribution >= 0.6 is 0 Å². The van der Waals surface area contributed by atoms with E-state index in [9.17, 15) is 30.0 Å². The Balaban J connectivity index is 0.00000112. The Hall–Kier alpha value is -1.21. The summed E-state index contributed by atoms with van der Waals surface area (Å²) < 4.78 is 12.4. The Morgan fingerprint density at radius 3 is 1.07 bits per heavy atom. The molecule has 0 fully saturated rings. The SMILES string of the molecule is CCCCC(CCCCCCCCC(O)CCCC(=O)[O-])OCc1ccccc1.CCCCC(CCCCCCCCC(O)CCCC(=O)[O-])OCc1ccccc1.[Ba+2]. The number of benzene rings is 2. The maximum absolute atomic E-state index is 10.4. The Morgan fingerprint density at radius 1 is 0.458 bits per heavy atom. The summed E-state index contributed by atoms with van der Waals surface area (Å²) in [4.78, 5) is 20.7. The van der Waals surface area contributed by atoms with E-state index >= 15 is 0 Å². The van der Waals surface area contributed by atoms with E-state index in [0.29, 0.717) is 51.1 Å². The topological polar surface area (TPSA) is 139 Å². The van der Waals surface area contributed by atoms with Crippen LogP contribution in [0.3, 0.4) is 0 Å². The van der Waals surface area contributed by atoms with Gasteiger partial charge in [-0.2, -0.15) is 0 Å². The van der Waals surface area contributed by atoms with Gasteiger partial charge in [0.05, 0.1) is 37.6 Å². The van der Waals surface area contributed by atoms with Gasteiger partial charge in [-0.25, -0.2) is 0 Å². The van der Waals surface area contributed by atoms with Crippen molar-refractivity contribution in [1.82, 2.24) is 0 Å². The zero-order chi connectivity index (χ0) is 42.3. The second-order valence-corrected chi connectivity index (χ2v) is 16.4. The van der Waals surface area contributed by atoms with Crippen molar-refractivity contribution < 1.29 is 39.5 Å². The third-order valence-corrected chi connectivity index (χ3v) is 10.9. The minimum atomic E-state index is -1.03. The van der Waals surface area contributed by atoms with Crippen molar-refractivity contribution >= 4 is 60.8 Å². The van der Waals surface area contributed by atoms with Crippen molar-refractivity contribution in [3.8, 4) is 0 Å². The molecule has 0 heterocycles. The number of rotatable bonds is 38. The van der Waals surface area contributed by atoms with Gasteiger partial charge in [0.1, 0.15) is 0 Å². The molecule has 59 heavy (non-hydrogen) atoms. The number of aliphatic hydroxyl groups is 2. The third-order valence-electron chi connectivity index (χ3n) is 10.9. The van der Waals surface area contributed by atoms with Crippen molar-refractivity contribution in [3.05, 3.63) is 71.8 Å². The van der Waals surface area contributed by atoms with Gasteiger partial charge in [0.15, 0.2) is 0 Å². The zero-order valence-corrected chi connectivity index (χ0v) is 41.8. The second kappa shape index (κ2) is 42.1. The molecule has 2 aromatic carbocycles. The summed E-state index contributed by atoms with van der Waals surface area (Å²) in [6, 6.07) is 20.8. The number of carboxylic acids is 2. The second-order valence-electron chi connectivity index (χ2n) is 16.4. The van der Waals surface area contributed by atoms with Crippen LogP contribution in [0.2, 0.25) is 0 Å². The standard InChI is InChI=1S/2C25H42O4.Ba/c2*1-2-3-18-24(29-21-22-14-9-8-10-15-22)19-12-7-5-4-6-11-16-23(26)17-13-20-25(27)28;/h2*8-10,14-15,23-24,26H,2-7,11-13,16-21H2,1H3,(H,27,28);/q;;+2/p-2. The molecule has 4 atom stereocenters.